The van der Waals surface area contributed by atoms with Crippen molar-refractivity contribution in [1.29, 1.82) is 0 Å². The van der Waals surface area contributed by atoms with Crippen LogP contribution in [0, 0.1) is 5.82 Å². The maximum atomic E-state index is 13.4. The maximum absolute atomic E-state index is 13.4. The molecule has 84 valence electrons. The van der Waals surface area contributed by atoms with E-state index in [1.165, 1.54) is 10.9 Å². The fraction of sp³-hybridized carbons (Fsp3) is 0.167. The molecule has 1 heterocycles. The van der Waals surface area contributed by atoms with E-state index >= 15 is 0 Å². The van der Waals surface area contributed by atoms with Crippen LogP contribution in [-0.4, -0.2) is 6.54 Å². The molecule has 0 radical (unpaired) electrons. The van der Waals surface area contributed by atoms with E-state index in [0.717, 1.165) is 17.4 Å². The van der Waals surface area contributed by atoms with Crippen LogP contribution in [0.4, 0.5) is 10.1 Å². The van der Waals surface area contributed by atoms with Crippen LogP contribution in [0.5, 0.6) is 0 Å². The van der Waals surface area contributed by atoms with Crippen LogP contribution >= 0.6 is 27.3 Å². The lowest BCUT2D eigenvalue weighted by Crippen LogP contribution is -2.06. The summed E-state index contributed by atoms with van der Waals surface area (Å²) in [7, 11) is 0. The van der Waals surface area contributed by atoms with Crippen LogP contribution < -0.4 is 5.32 Å². The van der Waals surface area contributed by atoms with Gasteiger partial charge in [0.25, 0.3) is 0 Å². The molecule has 0 amide bonds. The summed E-state index contributed by atoms with van der Waals surface area (Å²) >= 11 is 5.05. The molecule has 4 heteroatoms. The third kappa shape index (κ3) is 2.83. The van der Waals surface area contributed by atoms with Crippen molar-refractivity contribution >= 4 is 33.0 Å². The maximum Gasteiger partial charge on any atom is 0.147 e. The van der Waals surface area contributed by atoms with Gasteiger partial charge in [0.05, 0.1) is 5.69 Å². The van der Waals surface area contributed by atoms with Crippen LogP contribution in [0.2, 0.25) is 0 Å². The quantitative estimate of drug-likeness (QED) is 0.887. The van der Waals surface area contributed by atoms with E-state index in [2.05, 4.69) is 27.3 Å². The molecule has 0 saturated carbocycles. The van der Waals surface area contributed by atoms with Crippen LogP contribution in [-0.2, 0) is 6.42 Å². The normalized spacial score (nSPS) is 10.4. The van der Waals surface area contributed by atoms with Gasteiger partial charge in [-0.3, -0.25) is 0 Å². The second kappa shape index (κ2) is 5.46. The molecule has 0 spiro atoms. The fourth-order valence-corrected chi connectivity index (χ4v) is 2.62. The number of thiophene rings is 1. The average Bonchev–Trinajstić information content (AvgIpc) is 2.75. The molecule has 0 aliphatic rings. The molecular weight excluding hydrogens is 289 g/mol. The lowest BCUT2D eigenvalue weighted by Gasteiger charge is -2.08. The van der Waals surface area contributed by atoms with Crippen LogP contribution in [0.3, 0.4) is 0 Å². The smallest absolute Gasteiger partial charge is 0.147 e. The molecule has 1 N–H and O–H groups in total. The fourth-order valence-electron chi connectivity index (χ4n) is 1.43. The van der Waals surface area contributed by atoms with E-state index in [1.54, 1.807) is 17.4 Å². The minimum Gasteiger partial charge on any atom is -0.381 e. The van der Waals surface area contributed by atoms with Gasteiger partial charge in [-0.05, 0) is 45.9 Å². The molecule has 1 nitrogen and oxygen atoms in total. The van der Waals surface area contributed by atoms with E-state index < -0.39 is 0 Å². The molecule has 0 atom stereocenters. The number of hydrogen-bond acceptors (Lipinski definition) is 2. The molecular formula is C12H11BrFNS. The summed E-state index contributed by atoms with van der Waals surface area (Å²) in [6, 6.07) is 9.08. The summed E-state index contributed by atoms with van der Waals surface area (Å²) in [4.78, 5) is 1.31. The molecule has 0 aliphatic heterocycles. The summed E-state index contributed by atoms with van der Waals surface area (Å²) in [6.07, 6.45) is 0.915. The number of hydrogen-bond donors (Lipinski definition) is 1. The van der Waals surface area contributed by atoms with Gasteiger partial charge in [-0.25, -0.2) is 4.39 Å². The first-order chi connectivity index (χ1) is 7.77. The van der Waals surface area contributed by atoms with Crippen molar-refractivity contribution in [3.63, 3.8) is 0 Å². The Kier molecular flexibility index (Phi) is 3.96. The van der Waals surface area contributed by atoms with Gasteiger partial charge in [0.15, 0.2) is 0 Å². The van der Waals surface area contributed by atoms with Crippen LogP contribution in [0.15, 0.2) is 40.2 Å². The molecule has 2 aromatic rings. The number of nitrogens with one attached hydrogen (secondary N) is 1. The molecule has 2 rings (SSSR count). The van der Waals surface area contributed by atoms with E-state index in [-0.39, 0.29) is 5.82 Å². The zero-order valence-electron chi connectivity index (χ0n) is 8.54. The lowest BCUT2D eigenvalue weighted by atomic mass is 10.3. The summed E-state index contributed by atoms with van der Waals surface area (Å²) in [5.41, 5.74) is 0.541. The second-order valence-corrected chi connectivity index (χ2v) is 5.24. The zero-order valence-corrected chi connectivity index (χ0v) is 10.9. The lowest BCUT2D eigenvalue weighted by molar-refractivity contribution is 0.629. The number of benzene rings is 1. The average molecular weight is 300 g/mol. The van der Waals surface area contributed by atoms with Gasteiger partial charge in [0.1, 0.15) is 5.82 Å². The summed E-state index contributed by atoms with van der Waals surface area (Å²) in [6.45, 7) is 0.736. The Morgan fingerprint density at radius 1 is 1.25 bits per heavy atom. The highest BCUT2D eigenvalue weighted by Gasteiger charge is 2.05. The van der Waals surface area contributed by atoms with Gasteiger partial charge < -0.3 is 5.32 Å². The van der Waals surface area contributed by atoms with E-state index in [1.807, 2.05) is 17.5 Å². The van der Waals surface area contributed by atoms with Gasteiger partial charge >= 0.3 is 0 Å². The molecule has 0 saturated heterocycles. The van der Waals surface area contributed by atoms with Crippen molar-refractivity contribution in [3.05, 3.63) is 50.9 Å². The summed E-state index contributed by atoms with van der Waals surface area (Å²) in [5, 5.41) is 5.15. The van der Waals surface area contributed by atoms with Crippen molar-refractivity contribution in [2.75, 3.05) is 11.9 Å². The SMILES string of the molecule is Fc1cccc(Br)c1NCCc1cccs1. The number of para-hydroxylation sites is 1. The number of halogens is 2. The first-order valence-electron chi connectivity index (χ1n) is 4.97. The van der Waals surface area contributed by atoms with E-state index in [9.17, 15) is 4.39 Å². The second-order valence-electron chi connectivity index (χ2n) is 3.35. The van der Waals surface area contributed by atoms with Crippen molar-refractivity contribution < 1.29 is 4.39 Å². The summed E-state index contributed by atoms with van der Waals surface area (Å²) < 4.78 is 14.2. The van der Waals surface area contributed by atoms with Crippen molar-refractivity contribution in [3.8, 4) is 0 Å². The Morgan fingerprint density at radius 2 is 2.12 bits per heavy atom. The van der Waals surface area contributed by atoms with E-state index in [4.69, 9.17) is 0 Å². The highest BCUT2D eigenvalue weighted by molar-refractivity contribution is 9.10. The van der Waals surface area contributed by atoms with Crippen molar-refractivity contribution in [2.24, 2.45) is 0 Å². The Morgan fingerprint density at radius 3 is 2.81 bits per heavy atom. The molecule has 1 aromatic heterocycles. The zero-order chi connectivity index (χ0) is 11.4. The Balaban J connectivity index is 1.95. The Labute approximate surface area is 106 Å². The highest BCUT2D eigenvalue weighted by atomic mass is 79.9. The number of anilines is 1. The molecule has 0 unspecified atom stereocenters. The van der Waals surface area contributed by atoms with Crippen molar-refractivity contribution in [1.82, 2.24) is 0 Å². The summed E-state index contributed by atoms with van der Waals surface area (Å²) in [5.74, 6) is -0.222. The molecule has 0 aliphatic carbocycles. The van der Waals surface area contributed by atoms with E-state index in [0.29, 0.717) is 5.69 Å². The molecule has 0 bridgehead atoms. The van der Waals surface area contributed by atoms with Gasteiger partial charge in [-0.2, -0.15) is 0 Å². The Bertz CT molecular complexity index is 436. The predicted octanol–water partition coefficient (Wildman–Crippen LogP) is 4.30. The third-order valence-electron chi connectivity index (χ3n) is 2.22. The largest absolute Gasteiger partial charge is 0.381 e. The Hall–Kier alpha value is -0.870. The van der Waals surface area contributed by atoms with Gasteiger partial charge in [0.2, 0.25) is 0 Å². The minimum atomic E-state index is -0.222. The molecule has 16 heavy (non-hydrogen) atoms. The minimum absolute atomic E-state index is 0.222. The molecule has 1 aromatic carbocycles. The van der Waals surface area contributed by atoms with Crippen molar-refractivity contribution in [2.45, 2.75) is 6.42 Å². The highest BCUT2D eigenvalue weighted by Crippen LogP contribution is 2.25. The van der Waals surface area contributed by atoms with Crippen LogP contribution in [0.25, 0.3) is 0 Å². The van der Waals surface area contributed by atoms with Gasteiger partial charge in [-0.1, -0.05) is 12.1 Å². The molecule has 0 fully saturated rings. The van der Waals surface area contributed by atoms with Gasteiger partial charge in [0, 0.05) is 15.9 Å². The first-order valence-corrected chi connectivity index (χ1v) is 6.65. The third-order valence-corrected chi connectivity index (χ3v) is 3.81. The van der Waals surface area contributed by atoms with Crippen LogP contribution in [0.1, 0.15) is 4.88 Å². The standard InChI is InChI=1S/C12H11BrFNS/c13-10-4-1-5-11(14)12(10)15-7-6-9-3-2-8-16-9/h1-5,8,15H,6-7H2. The topological polar surface area (TPSA) is 12.0 Å². The first kappa shape index (κ1) is 11.6. The predicted molar refractivity (Wildman–Crippen MR) is 70.6 cm³/mol. The monoisotopic (exact) mass is 299 g/mol. The number of rotatable bonds is 4. The van der Waals surface area contributed by atoms with Gasteiger partial charge in [-0.15, -0.1) is 11.3 Å².